The van der Waals surface area contributed by atoms with Gasteiger partial charge in [-0.05, 0) is 30.0 Å². The van der Waals surface area contributed by atoms with E-state index in [0.717, 1.165) is 10.8 Å². The first kappa shape index (κ1) is 17.1. The minimum absolute atomic E-state index is 0.194. The third-order valence-corrected chi connectivity index (χ3v) is 4.64. The molecular weight excluding hydrogens is 347 g/mol. The Bertz CT molecular complexity index is 1020. The molecule has 0 radical (unpaired) electrons. The molecular formula is C20H17FN4O2. The number of fused-ring (bicyclic) bond motifs is 1. The monoisotopic (exact) mass is 364 g/mol. The van der Waals surface area contributed by atoms with E-state index in [0.29, 0.717) is 25.2 Å². The van der Waals surface area contributed by atoms with Gasteiger partial charge in [-0.15, -0.1) is 0 Å². The van der Waals surface area contributed by atoms with Crippen LogP contribution in [-0.2, 0) is 0 Å². The zero-order valence-corrected chi connectivity index (χ0v) is 14.4. The van der Waals surface area contributed by atoms with Crippen LogP contribution in [0.1, 0.15) is 27.4 Å². The maximum absolute atomic E-state index is 13.8. The number of nitrogens with zero attached hydrogens (tertiary/aromatic N) is 3. The van der Waals surface area contributed by atoms with Gasteiger partial charge >= 0.3 is 0 Å². The standard InChI is InChI=1S/C20H17FN4O2/c21-16-6-3-8-22-18(16)20(27)25-9-7-15(12-25)24-19(26)17-10-13-4-1-2-5-14(13)11-23-17/h1-6,8,10-11,15H,7,9,12H2,(H,24,26). The van der Waals surface area contributed by atoms with Crippen LogP contribution in [0.25, 0.3) is 10.8 Å². The fraction of sp³-hybridized carbons (Fsp3) is 0.200. The molecule has 6 nitrogen and oxygen atoms in total. The SMILES string of the molecule is O=C(NC1CCN(C(=O)c2ncccc2F)C1)c1cc2ccccc2cn1. The van der Waals surface area contributed by atoms with E-state index in [1.165, 1.54) is 23.2 Å². The Morgan fingerprint density at radius 3 is 2.74 bits per heavy atom. The van der Waals surface area contributed by atoms with Crippen molar-refractivity contribution in [1.82, 2.24) is 20.2 Å². The number of benzene rings is 1. The van der Waals surface area contributed by atoms with Gasteiger partial charge in [0, 0.05) is 36.9 Å². The van der Waals surface area contributed by atoms with Crippen molar-refractivity contribution in [3.8, 4) is 0 Å². The van der Waals surface area contributed by atoms with Gasteiger partial charge in [0.05, 0.1) is 0 Å². The summed E-state index contributed by atoms with van der Waals surface area (Å²) in [7, 11) is 0. The van der Waals surface area contributed by atoms with Crippen LogP contribution in [0.5, 0.6) is 0 Å². The Kier molecular flexibility index (Phi) is 4.50. The average Bonchev–Trinajstić information content (AvgIpc) is 3.16. The van der Waals surface area contributed by atoms with Crippen molar-refractivity contribution in [2.45, 2.75) is 12.5 Å². The number of amides is 2. The molecule has 1 saturated heterocycles. The molecule has 1 atom stereocenters. The number of likely N-dealkylation sites (tertiary alicyclic amines) is 1. The molecule has 3 heterocycles. The first-order valence-corrected chi connectivity index (χ1v) is 8.67. The summed E-state index contributed by atoms with van der Waals surface area (Å²) in [6, 6.07) is 11.9. The highest BCUT2D eigenvalue weighted by atomic mass is 19.1. The fourth-order valence-corrected chi connectivity index (χ4v) is 3.22. The van der Waals surface area contributed by atoms with Crippen LogP contribution in [-0.4, -0.2) is 45.8 Å². The van der Waals surface area contributed by atoms with Crippen LogP contribution < -0.4 is 5.32 Å². The quantitative estimate of drug-likeness (QED) is 0.774. The Balaban J connectivity index is 1.42. The second kappa shape index (κ2) is 7.11. The largest absolute Gasteiger partial charge is 0.346 e. The van der Waals surface area contributed by atoms with Gasteiger partial charge in [-0.25, -0.2) is 9.37 Å². The lowest BCUT2D eigenvalue weighted by Crippen LogP contribution is -2.39. The van der Waals surface area contributed by atoms with Gasteiger partial charge in [-0.1, -0.05) is 24.3 Å². The van der Waals surface area contributed by atoms with Gasteiger partial charge in [-0.2, -0.15) is 0 Å². The Morgan fingerprint density at radius 1 is 1.11 bits per heavy atom. The molecule has 2 aromatic heterocycles. The summed E-state index contributed by atoms with van der Waals surface area (Å²) in [5.41, 5.74) is 0.134. The topological polar surface area (TPSA) is 75.2 Å². The number of hydrogen-bond acceptors (Lipinski definition) is 4. The van der Waals surface area contributed by atoms with Crippen molar-refractivity contribution in [3.63, 3.8) is 0 Å². The van der Waals surface area contributed by atoms with E-state index in [4.69, 9.17) is 0 Å². The van der Waals surface area contributed by atoms with Crippen molar-refractivity contribution < 1.29 is 14.0 Å². The first-order valence-electron chi connectivity index (χ1n) is 8.67. The van der Waals surface area contributed by atoms with E-state index in [-0.39, 0.29) is 17.6 Å². The Labute approximate surface area is 155 Å². The molecule has 1 N–H and O–H groups in total. The average molecular weight is 364 g/mol. The summed E-state index contributed by atoms with van der Waals surface area (Å²) < 4.78 is 13.8. The number of pyridine rings is 2. The summed E-state index contributed by atoms with van der Waals surface area (Å²) in [5.74, 6) is -1.40. The molecule has 136 valence electrons. The molecule has 1 aromatic carbocycles. The Hall–Kier alpha value is -3.35. The predicted octanol–water partition coefficient (Wildman–Crippen LogP) is 2.41. The zero-order chi connectivity index (χ0) is 18.8. The number of rotatable bonds is 3. The van der Waals surface area contributed by atoms with Gasteiger partial charge in [0.1, 0.15) is 5.69 Å². The second-order valence-electron chi connectivity index (χ2n) is 6.46. The van der Waals surface area contributed by atoms with Crippen LogP contribution in [0.4, 0.5) is 4.39 Å². The molecule has 0 spiro atoms. The lowest BCUT2D eigenvalue weighted by atomic mass is 10.1. The zero-order valence-electron chi connectivity index (χ0n) is 14.4. The number of carbonyl (C=O) groups excluding carboxylic acids is 2. The van der Waals surface area contributed by atoms with Crippen molar-refractivity contribution >= 4 is 22.6 Å². The summed E-state index contributed by atoms with van der Waals surface area (Å²) >= 11 is 0. The van der Waals surface area contributed by atoms with Gasteiger partial charge in [0.15, 0.2) is 11.5 Å². The van der Waals surface area contributed by atoms with E-state index in [2.05, 4.69) is 15.3 Å². The third kappa shape index (κ3) is 3.48. The highest BCUT2D eigenvalue weighted by Crippen LogP contribution is 2.16. The van der Waals surface area contributed by atoms with E-state index in [1.807, 2.05) is 24.3 Å². The number of nitrogens with one attached hydrogen (secondary N) is 1. The van der Waals surface area contributed by atoms with Crippen molar-refractivity contribution in [3.05, 3.63) is 72.1 Å². The third-order valence-electron chi connectivity index (χ3n) is 4.64. The molecule has 27 heavy (non-hydrogen) atoms. The molecule has 4 rings (SSSR count). The minimum atomic E-state index is -0.643. The van der Waals surface area contributed by atoms with Crippen LogP contribution >= 0.6 is 0 Å². The number of hydrogen-bond donors (Lipinski definition) is 1. The molecule has 7 heteroatoms. The summed E-state index contributed by atoms with van der Waals surface area (Å²) in [5, 5.41) is 4.80. The summed E-state index contributed by atoms with van der Waals surface area (Å²) in [6.07, 6.45) is 3.65. The first-order chi connectivity index (χ1) is 13.1. The molecule has 0 aliphatic carbocycles. The highest BCUT2D eigenvalue weighted by Gasteiger charge is 2.30. The summed E-state index contributed by atoms with van der Waals surface area (Å²) in [6.45, 7) is 0.749. The molecule has 0 bridgehead atoms. The number of carbonyl (C=O) groups is 2. The Morgan fingerprint density at radius 2 is 1.93 bits per heavy atom. The smallest absolute Gasteiger partial charge is 0.275 e. The normalized spacial score (nSPS) is 16.5. The van der Waals surface area contributed by atoms with Crippen LogP contribution in [0.2, 0.25) is 0 Å². The number of aromatic nitrogens is 2. The van der Waals surface area contributed by atoms with Crippen molar-refractivity contribution in [1.29, 1.82) is 0 Å². The molecule has 1 aliphatic rings. The van der Waals surface area contributed by atoms with E-state index in [9.17, 15) is 14.0 Å². The van der Waals surface area contributed by atoms with Gasteiger partial charge in [0.2, 0.25) is 0 Å². The van der Waals surface area contributed by atoms with E-state index >= 15 is 0 Å². The lowest BCUT2D eigenvalue weighted by molar-refractivity contribution is 0.0772. The van der Waals surface area contributed by atoms with Gasteiger partial charge < -0.3 is 10.2 Å². The predicted molar refractivity (Wildman–Crippen MR) is 97.7 cm³/mol. The van der Waals surface area contributed by atoms with Crippen molar-refractivity contribution in [2.24, 2.45) is 0 Å². The fourth-order valence-electron chi connectivity index (χ4n) is 3.22. The lowest BCUT2D eigenvalue weighted by Gasteiger charge is -2.17. The van der Waals surface area contributed by atoms with Crippen LogP contribution in [0.15, 0.2) is 54.9 Å². The molecule has 3 aromatic rings. The summed E-state index contributed by atoms with van der Waals surface area (Å²) in [4.78, 5) is 34.4. The molecule has 1 unspecified atom stereocenters. The molecule has 0 saturated carbocycles. The minimum Gasteiger partial charge on any atom is -0.346 e. The molecule has 1 fully saturated rings. The second-order valence-corrected chi connectivity index (χ2v) is 6.46. The van der Waals surface area contributed by atoms with Gasteiger partial charge in [-0.3, -0.25) is 14.6 Å². The maximum atomic E-state index is 13.8. The van der Waals surface area contributed by atoms with Gasteiger partial charge in [0.25, 0.3) is 11.8 Å². The maximum Gasteiger partial charge on any atom is 0.275 e. The number of halogens is 1. The van der Waals surface area contributed by atoms with Crippen LogP contribution in [0, 0.1) is 5.82 Å². The van der Waals surface area contributed by atoms with E-state index in [1.54, 1.807) is 12.3 Å². The van der Waals surface area contributed by atoms with Crippen molar-refractivity contribution in [2.75, 3.05) is 13.1 Å². The highest BCUT2D eigenvalue weighted by molar-refractivity contribution is 5.96. The van der Waals surface area contributed by atoms with Crippen LogP contribution in [0.3, 0.4) is 0 Å². The molecule has 1 aliphatic heterocycles. The van der Waals surface area contributed by atoms with E-state index < -0.39 is 11.7 Å². The molecule has 2 amide bonds.